The zero-order valence-electron chi connectivity index (χ0n) is 17.5. The molecular weight excluding hydrogens is 465 g/mol. The largest absolute Gasteiger partial charge is 0.511 e. The first-order valence-electron chi connectivity index (χ1n) is 10.7. The van der Waals surface area contributed by atoms with E-state index in [1.165, 1.54) is 12.8 Å². The van der Waals surface area contributed by atoms with Crippen molar-refractivity contribution in [3.05, 3.63) is 47.0 Å². The lowest BCUT2D eigenvalue weighted by Gasteiger charge is -2.34. The molecule has 1 aromatic heterocycles. The number of hydrogen-bond acceptors (Lipinski definition) is 4. The molecule has 0 radical (unpaired) electrons. The van der Waals surface area contributed by atoms with Crippen molar-refractivity contribution in [3.8, 4) is 0 Å². The number of benzene rings is 1. The summed E-state index contributed by atoms with van der Waals surface area (Å²) in [6, 6.07) is 4.58. The number of aromatic nitrogens is 2. The van der Waals surface area contributed by atoms with Crippen LogP contribution in [0.25, 0.3) is 0 Å². The van der Waals surface area contributed by atoms with E-state index in [0.717, 1.165) is 25.0 Å². The smallest absolute Gasteiger partial charge is 0.361 e. The van der Waals surface area contributed by atoms with E-state index in [4.69, 9.17) is 11.6 Å². The van der Waals surface area contributed by atoms with Gasteiger partial charge in [-0.25, -0.2) is 13.4 Å². The Morgan fingerprint density at radius 3 is 2.59 bits per heavy atom. The van der Waals surface area contributed by atoms with Gasteiger partial charge in [0.2, 0.25) is 0 Å². The average molecular weight is 491 g/mol. The maximum Gasteiger partial charge on any atom is 0.511 e. The number of nitrogens with zero attached hydrogens (tertiary/aromatic N) is 3. The van der Waals surface area contributed by atoms with Gasteiger partial charge in [0.25, 0.3) is 0 Å². The van der Waals surface area contributed by atoms with Crippen LogP contribution in [0.5, 0.6) is 0 Å². The number of hydrogen-bond donors (Lipinski definition) is 1. The quantitative estimate of drug-likeness (QED) is 0.613. The van der Waals surface area contributed by atoms with Gasteiger partial charge in [0.1, 0.15) is 0 Å². The Hall–Kier alpha value is -1.78. The Balaban J connectivity index is 1.73. The minimum absolute atomic E-state index is 0.241. The number of aromatic amines is 1. The maximum absolute atomic E-state index is 13.5. The summed E-state index contributed by atoms with van der Waals surface area (Å²) in [6.07, 6.45) is 9.24. The summed E-state index contributed by atoms with van der Waals surface area (Å²) < 4.78 is 65.9. The second kappa shape index (κ2) is 9.23. The predicted octanol–water partition coefficient (Wildman–Crippen LogP) is 5.07. The van der Waals surface area contributed by atoms with E-state index < -0.39 is 21.6 Å². The van der Waals surface area contributed by atoms with Gasteiger partial charge in [-0.2, -0.15) is 17.5 Å². The third-order valence-corrected chi connectivity index (χ3v) is 8.24. The number of imidazole rings is 1. The van der Waals surface area contributed by atoms with Gasteiger partial charge in [-0.15, -0.1) is 0 Å². The minimum atomic E-state index is -5.49. The number of fused-ring (bicyclic) bond motifs is 1. The van der Waals surface area contributed by atoms with Gasteiger partial charge in [-0.1, -0.05) is 37.3 Å². The molecule has 0 bridgehead atoms. The molecule has 1 aliphatic carbocycles. The fourth-order valence-electron chi connectivity index (χ4n) is 4.82. The lowest BCUT2D eigenvalue weighted by molar-refractivity contribution is -0.0492. The molecule has 1 fully saturated rings. The summed E-state index contributed by atoms with van der Waals surface area (Å²) >= 11 is 6.13. The van der Waals surface area contributed by atoms with Gasteiger partial charge in [0.05, 0.1) is 18.6 Å². The molecule has 0 spiro atoms. The van der Waals surface area contributed by atoms with Crippen molar-refractivity contribution < 1.29 is 21.6 Å². The first-order valence-corrected chi connectivity index (χ1v) is 12.6. The number of alkyl halides is 3. The van der Waals surface area contributed by atoms with E-state index in [9.17, 15) is 21.6 Å². The molecule has 1 aromatic carbocycles. The maximum atomic E-state index is 13.5. The van der Waals surface area contributed by atoms with Crippen molar-refractivity contribution >= 4 is 27.3 Å². The van der Waals surface area contributed by atoms with Crippen molar-refractivity contribution in [3.63, 3.8) is 0 Å². The molecule has 0 unspecified atom stereocenters. The fraction of sp³-hybridized carbons (Fsp3) is 0.571. The number of nitrogens with one attached hydrogen (secondary N) is 1. The Labute approximate surface area is 190 Å². The van der Waals surface area contributed by atoms with E-state index in [1.54, 1.807) is 30.7 Å². The molecule has 1 aliphatic heterocycles. The molecule has 32 heavy (non-hydrogen) atoms. The first-order chi connectivity index (χ1) is 15.1. The number of anilines is 1. The standard InChI is InChI=1S/C21H26ClF3N4O2S/c22-17-6-8-20-16(9-17)11-28(32(30,31)21(23,24)25)13-19(7-5-15-3-1-2-4-15)29(20)12-18-10-26-14-27-18/h6,8-10,14-15,19H,1-5,7,11-13H2,(H,26,27)/t19-/m0/s1. The highest BCUT2D eigenvalue weighted by atomic mass is 35.5. The van der Waals surface area contributed by atoms with Crippen molar-refractivity contribution in [2.75, 3.05) is 11.4 Å². The van der Waals surface area contributed by atoms with Crippen LogP contribution in [0.3, 0.4) is 0 Å². The molecule has 1 N–H and O–H groups in total. The minimum Gasteiger partial charge on any atom is -0.361 e. The van der Waals surface area contributed by atoms with Gasteiger partial charge in [-0.05, 0) is 42.5 Å². The van der Waals surface area contributed by atoms with Gasteiger partial charge in [-0.3, -0.25) is 0 Å². The zero-order chi connectivity index (χ0) is 22.9. The van der Waals surface area contributed by atoms with Crippen molar-refractivity contribution in [2.24, 2.45) is 5.92 Å². The van der Waals surface area contributed by atoms with Crippen LogP contribution in [0.15, 0.2) is 30.7 Å². The second-order valence-electron chi connectivity index (χ2n) is 8.60. The van der Waals surface area contributed by atoms with Crippen molar-refractivity contribution in [1.29, 1.82) is 0 Å². The third kappa shape index (κ3) is 4.92. The van der Waals surface area contributed by atoms with Crippen molar-refractivity contribution in [2.45, 2.75) is 63.2 Å². The number of halogens is 4. The van der Waals surface area contributed by atoms with Crippen molar-refractivity contribution in [1.82, 2.24) is 14.3 Å². The molecule has 1 saturated carbocycles. The van der Waals surface area contributed by atoms with Crippen LogP contribution in [0.2, 0.25) is 5.02 Å². The molecule has 11 heteroatoms. The average Bonchev–Trinajstić information content (AvgIpc) is 3.40. The van der Waals surface area contributed by atoms with E-state index >= 15 is 0 Å². The van der Waals surface area contributed by atoms with Crippen LogP contribution in [0.4, 0.5) is 18.9 Å². The SMILES string of the molecule is O=S(=O)(N1Cc2cc(Cl)ccc2N(Cc2cnc[nH]2)[C@@H](CCC2CCCC2)C1)C(F)(F)F. The normalized spacial score (nSPS) is 21.0. The zero-order valence-corrected chi connectivity index (χ0v) is 19.1. The highest BCUT2D eigenvalue weighted by Gasteiger charge is 2.51. The molecule has 2 aromatic rings. The van der Waals surface area contributed by atoms with Gasteiger partial charge in [0, 0.05) is 36.0 Å². The molecule has 2 aliphatic rings. The summed E-state index contributed by atoms with van der Waals surface area (Å²) in [5.41, 5.74) is -3.42. The Bertz CT molecular complexity index is 1020. The molecule has 1 atom stereocenters. The number of H-pyrrole nitrogens is 1. The van der Waals surface area contributed by atoms with Crippen LogP contribution < -0.4 is 4.90 Å². The van der Waals surface area contributed by atoms with Crippen LogP contribution in [-0.2, 0) is 23.1 Å². The van der Waals surface area contributed by atoms with E-state index in [0.29, 0.717) is 39.5 Å². The van der Waals surface area contributed by atoms with Gasteiger partial charge >= 0.3 is 15.5 Å². The highest BCUT2D eigenvalue weighted by molar-refractivity contribution is 7.89. The second-order valence-corrected chi connectivity index (χ2v) is 11.0. The third-order valence-electron chi connectivity index (χ3n) is 6.46. The van der Waals surface area contributed by atoms with Crippen LogP contribution in [-0.4, -0.2) is 40.8 Å². The highest BCUT2D eigenvalue weighted by Crippen LogP contribution is 2.38. The molecule has 2 heterocycles. The first kappa shape index (κ1) is 23.4. The number of sulfonamides is 1. The summed E-state index contributed by atoms with van der Waals surface area (Å²) in [7, 11) is -5.49. The fourth-order valence-corrected chi connectivity index (χ4v) is 5.98. The summed E-state index contributed by atoms with van der Waals surface area (Å²) in [5.74, 6) is 0.532. The van der Waals surface area contributed by atoms with Crippen LogP contribution in [0.1, 0.15) is 49.8 Å². The van der Waals surface area contributed by atoms with Crippen LogP contribution in [0, 0.1) is 5.92 Å². The Morgan fingerprint density at radius 2 is 1.94 bits per heavy atom. The summed E-state index contributed by atoms with van der Waals surface area (Å²) in [6.45, 7) is -0.240. The predicted molar refractivity (Wildman–Crippen MR) is 117 cm³/mol. The van der Waals surface area contributed by atoms with Gasteiger partial charge in [0.15, 0.2) is 0 Å². The topological polar surface area (TPSA) is 69.3 Å². The van der Waals surface area contributed by atoms with E-state index in [2.05, 4.69) is 9.97 Å². The molecule has 0 amide bonds. The molecular formula is C21H26ClF3N4O2S. The Kier molecular flexibility index (Phi) is 6.74. The summed E-state index contributed by atoms with van der Waals surface area (Å²) in [4.78, 5) is 9.08. The lowest BCUT2D eigenvalue weighted by Crippen LogP contribution is -2.47. The molecule has 0 saturated heterocycles. The molecule has 176 valence electrons. The van der Waals surface area contributed by atoms with E-state index in [-0.39, 0.29) is 13.1 Å². The number of rotatable bonds is 6. The molecule has 4 rings (SSSR count). The van der Waals surface area contributed by atoms with E-state index in [1.807, 2.05) is 4.90 Å². The van der Waals surface area contributed by atoms with Gasteiger partial charge < -0.3 is 9.88 Å². The summed E-state index contributed by atoms with van der Waals surface area (Å²) in [5, 5.41) is 0.346. The molecule has 6 nitrogen and oxygen atoms in total. The monoisotopic (exact) mass is 490 g/mol. The van der Waals surface area contributed by atoms with Crippen LogP contribution >= 0.6 is 11.6 Å². The lowest BCUT2D eigenvalue weighted by atomic mass is 9.97. The Morgan fingerprint density at radius 1 is 1.19 bits per heavy atom.